The van der Waals surface area contributed by atoms with E-state index in [0.29, 0.717) is 12.7 Å². The molecule has 110 valence electrons. The molecule has 6 heteroatoms. The summed E-state index contributed by atoms with van der Waals surface area (Å²) in [4.78, 5) is 33.7. The van der Waals surface area contributed by atoms with Gasteiger partial charge in [0.25, 0.3) is 0 Å². The van der Waals surface area contributed by atoms with Crippen LogP contribution in [0.25, 0.3) is 0 Å². The number of rotatable bonds is 8. The lowest BCUT2D eigenvalue weighted by atomic mass is 10.0. The summed E-state index contributed by atoms with van der Waals surface area (Å²) >= 11 is 0. The standard InChI is InChI=1S/C13H22O6/c1-5-8(2)11(7-14)19-13(17)10(4)18-12(16)6-9(3)15/h7-11,15H,5-6H2,1-4H3/t8?,9-,10+,11-/m1/s1. The molecule has 4 atom stereocenters. The van der Waals surface area contributed by atoms with E-state index < -0.39 is 30.3 Å². The van der Waals surface area contributed by atoms with Gasteiger partial charge in [-0.1, -0.05) is 13.8 Å². The third-order valence-electron chi connectivity index (χ3n) is 2.69. The van der Waals surface area contributed by atoms with Crippen LogP contribution in [-0.2, 0) is 23.9 Å². The van der Waals surface area contributed by atoms with E-state index in [1.807, 2.05) is 6.92 Å². The number of carbonyl (C=O) groups is 3. The number of hydrogen-bond acceptors (Lipinski definition) is 6. The van der Waals surface area contributed by atoms with E-state index in [0.717, 1.165) is 0 Å². The van der Waals surface area contributed by atoms with Gasteiger partial charge in [0, 0.05) is 0 Å². The molecular weight excluding hydrogens is 252 g/mol. The van der Waals surface area contributed by atoms with Crippen LogP contribution in [0.2, 0.25) is 0 Å². The number of aliphatic hydroxyl groups is 1. The van der Waals surface area contributed by atoms with Crippen molar-refractivity contribution < 1.29 is 29.0 Å². The molecule has 0 spiro atoms. The van der Waals surface area contributed by atoms with Crippen molar-refractivity contribution in [2.75, 3.05) is 0 Å². The molecule has 0 heterocycles. The van der Waals surface area contributed by atoms with E-state index in [1.165, 1.54) is 13.8 Å². The van der Waals surface area contributed by atoms with Crippen molar-refractivity contribution >= 4 is 18.2 Å². The van der Waals surface area contributed by atoms with Gasteiger partial charge in [-0.25, -0.2) is 4.79 Å². The van der Waals surface area contributed by atoms with Gasteiger partial charge in [0.05, 0.1) is 12.5 Å². The molecule has 0 fully saturated rings. The number of aldehydes is 1. The van der Waals surface area contributed by atoms with E-state index in [2.05, 4.69) is 0 Å². The van der Waals surface area contributed by atoms with E-state index in [-0.39, 0.29) is 12.3 Å². The summed E-state index contributed by atoms with van der Waals surface area (Å²) in [7, 11) is 0. The Balaban J connectivity index is 4.33. The third-order valence-corrected chi connectivity index (χ3v) is 2.69. The molecule has 0 amide bonds. The van der Waals surface area contributed by atoms with Crippen molar-refractivity contribution in [2.24, 2.45) is 5.92 Å². The van der Waals surface area contributed by atoms with Crippen molar-refractivity contribution in [3.05, 3.63) is 0 Å². The van der Waals surface area contributed by atoms with Crippen LogP contribution in [0, 0.1) is 5.92 Å². The predicted molar refractivity (Wildman–Crippen MR) is 67.3 cm³/mol. The lowest BCUT2D eigenvalue weighted by Gasteiger charge is -2.20. The van der Waals surface area contributed by atoms with E-state index in [4.69, 9.17) is 14.6 Å². The Bertz CT molecular complexity index is 312. The minimum atomic E-state index is -1.10. The summed E-state index contributed by atoms with van der Waals surface area (Å²) in [5, 5.41) is 9.00. The molecule has 0 saturated carbocycles. The minimum absolute atomic E-state index is 0.0955. The fraction of sp³-hybridized carbons (Fsp3) is 0.769. The second kappa shape index (κ2) is 8.63. The molecule has 0 radical (unpaired) electrons. The molecule has 0 aliphatic heterocycles. The average molecular weight is 274 g/mol. The zero-order valence-electron chi connectivity index (χ0n) is 11.8. The van der Waals surface area contributed by atoms with Crippen LogP contribution in [0.4, 0.5) is 0 Å². The smallest absolute Gasteiger partial charge is 0.347 e. The van der Waals surface area contributed by atoms with Crippen molar-refractivity contribution in [1.82, 2.24) is 0 Å². The second-order valence-corrected chi connectivity index (χ2v) is 4.61. The Morgan fingerprint density at radius 1 is 1.21 bits per heavy atom. The number of ether oxygens (including phenoxy) is 2. The quantitative estimate of drug-likeness (QED) is 0.521. The second-order valence-electron chi connectivity index (χ2n) is 4.61. The SMILES string of the molecule is CCC(C)[C@@H](C=O)OC(=O)[C@H](C)OC(=O)C[C@@H](C)O. The van der Waals surface area contributed by atoms with Gasteiger partial charge in [0.2, 0.25) is 0 Å². The maximum atomic E-state index is 11.6. The van der Waals surface area contributed by atoms with Crippen molar-refractivity contribution in [3.8, 4) is 0 Å². The van der Waals surface area contributed by atoms with Gasteiger partial charge >= 0.3 is 11.9 Å². The minimum Gasteiger partial charge on any atom is -0.452 e. The van der Waals surface area contributed by atoms with Crippen LogP contribution < -0.4 is 0 Å². The van der Waals surface area contributed by atoms with Gasteiger partial charge in [-0.3, -0.25) is 9.59 Å². The van der Waals surface area contributed by atoms with Crippen LogP contribution in [0.15, 0.2) is 0 Å². The third kappa shape index (κ3) is 6.91. The molecule has 0 aromatic heterocycles. The van der Waals surface area contributed by atoms with Crippen LogP contribution in [-0.4, -0.2) is 41.6 Å². The number of hydrogen-bond donors (Lipinski definition) is 1. The molecular formula is C13H22O6. The lowest BCUT2D eigenvalue weighted by Crippen LogP contribution is -2.34. The van der Waals surface area contributed by atoms with Crippen LogP contribution in [0.3, 0.4) is 0 Å². The molecule has 1 unspecified atom stereocenters. The molecule has 0 aliphatic carbocycles. The van der Waals surface area contributed by atoms with Gasteiger partial charge in [-0.15, -0.1) is 0 Å². The maximum Gasteiger partial charge on any atom is 0.347 e. The molecule has 0 aromatic rings. The van der Waals surface area contributed by atoms with Crippen molar-refractivity contribution in [1.29, 1.82) is 0 Å². The first-order valence-electron chi connectivity index (χ1n) is 6.35. The Hall–Kier alpha value is -1.43. The molecule has 0 rings (SSSR count). The summed E-state index contributed by atoms with van der Waals surface area (Å²) < 4.78 is 9.77. The van der Waals surface area contributed by atoms with Crippen molar-refractivity contribution in [3.63, 3.8) is 0 Å². The molecule has 6 nitrogen and oxygen atoms in total. The highest BCUT2D eigenvalue weighted by atomic mass is 16.6. The molecule has 0 aliphatic rings. The van der Waals surface area contributed by atoms with Crippen molar-refractivity contribution in [2.45, 2.75) is 58.8 Å². The topological polar surface area (TPSA) is 89.9 Å². The molecule has 0 saturated heterocycles. The first-order valence-corrected chi connectivity index (χ1v) is 6.35. The van der Waals surface area contributed by atoms with Gasteiger partial charge in [0.1, 0.15) is 0 Å². The summed E-state index contributed by atoms with van der Waals surface area (Å²) in [6, 6.07) is 0. The fourth-order valence-corrected chi connectivity index (χ4v) is 1.27. The van der Waals surface area contributed by atoms with Gasteiger partial charge in [-0.2, -0.15) is 0 Å². The van der Waals surface area contributed by atoms with Crippen LogP contribution >= 0.6 is 0 Å². The summed E-state index contributed by atoms with van der Waals surface area (Å²) in [5.41, 5.74) is 0. The summed E-state index contributed by atoms with van der Waals surface area (Å²) in [6.07, 6.45) is -1.71. The number of carbonyl (C=O) groups excluding carboxylic acids is 3. The zero-order chi connectivity index (χ0) is 15.0. The first kappa shape index (κ1) is 17.6. The first-order chi connectivity index (χ1) is 8.81. The maximum absolute atomic E-state index is 11.6. The molecule has 0 aromatic carbocycles. The lowest BCUT2D eigenvalue weighted by molar-refractivity contribution is -0.173. The van der Waals surface area contributed by atoms with Gasteiger partial charge in [0.15, 0.2) is 18.5 Å². The van der Waals surface area contributed by atoms with E-state index in [1.54, 1.807) is 6.92 Å². The average Bonchev–Trinajstić information content (AvgIpc) is 2.33. The fourth-order valence-electron chi connectivity index (χ4n) is 1.27. The summed E-state index contributed by atoms with van der Waals surface area (Å²) in [5.74, 6) is -1.55. The van der Waals surface area contributed by atoms with E-state index in [9.17, 15) is 14.4 Å². The zero-order valence-corrected chi connectivity index (χ0v) is 11.8. The highest BCUT2D eigenvalue weighted by Gasteiger charge is 2.25. The predicted octanol–water partition coefficient (Wildman–Crippen LogP) is 0.846. The largest absolute Gasteiger partial charge is 0.452 e. The monoisotopic (exact) mass is 274 g/mol. The molecule has 19 heavy (non-hydrogen) atoms. The van der Waals surface area contributed by atoms with Gasteiger partial charge < -0.3 is 14.6 Å². The molecule has 1 N–H and O–H groups in total. The van der Waals surface area contributed by atoms with Crippen LogP contribution in [0.5, 0.6) is 0 Å². The van der Waals surface area contributed by atoms with Crippen LogP contribution in [0.1, 0.15) is 40.5 Å². The Kier molecular flexibility index (Phi) is 7.98. The number of aliphatic hydroxyl groups excluding tert-OH is 1. The molecule has 0 bridgehead atoms. The normalized spacial score (nSPS) is 16.9. The van der Waals surface area contributed by atoms with Gasteiger partial charge in [-0.05, 0) is 26.2 Å². The highest BCUT2D eigenvalue weighted by molar-refractivity contribution is 5.80. The Morgan fingerprint density at radius 2 is 1.79 bits per heavy atom. The number of esters is 2. The summed E-state index contributed by atoms with van der Waals surface area (Å²) in [6.45, 7) is 6.47. The highest BCUT2D eigenvalue weighted by Crippen LogP contribution is 2.11. The Labute approximate surface area is 113 Å². The van der Waals surface area contributed by atoms with E-state index >= 15 is 0 Å². The Morgan fingerprint density at radius 3 is 2.21 bits per heavy atom.